The van der Waals surface area contributed by atoms with Gasteiger partial charge in [-0.2, -0.15) is 18.3 Å². The highest BCUT2D eigenvalue weighted by Crippen LogP contribution is 2.32. The maximum atomic E-state index is 14.1. The summed E-state index contributed by atoms with van der Waals surface area (Å²) >= 11 is 0. The zero-order valence-electron chi connectivity index (χ0n) is 15.2. The average Bonchev–Trinajstić information content (AvgIpc) is 2.86. The van der Waals surface area contributed by atoms with E-state index in [1.807, 2.05) is 0 Å². The summed E-state index contributed by atoms with van der Waals surface area (Å²) in [5, 5.41) is 3.95. The van der Waals surface area contributed by atoms with Gasteiger partial charge in [0.15, 0.2) is 0 Å². The van der Waals surface area contributed by atoms with Crippen LogP contribution in [0.2, 0.25) is 0 Å². The van der Waals surface area contributed by atoms with E-state index < -0.39 is 36.3 Å². The number of carbonyl (C=O) groups excluding carboxylic acids is 1. The molecule has 0 aliphatic carbocycles. The van der Waals surface area contributed by atoms with Crippen LogP contribution in [-0.2, 0) is 11.3 Å². The number of alkyl halides is 3. The monoisotopic (exact) mass is 403 g/mol. The third kappa shape index (κ3) is 4.01. The van der Waals surface area contributed by atoms with E-state index in [9.17, 15) is 26.7 Å². The van der Waals surface area contributed by atoms with E-state index in [-0.39, 0.29) is 31.0 Å². The fourth-order valence-electron chi connectivity index (χ4n) is 3.42. The molecule has 2 aromatic rings. The average molecular weight is 403 g/mol. The van der Waals surface area contributed by atoms with Crippen molar-refractivity contribution in [3.8, 4) is 0 Å². The highest BCUT2D eigenvalue weighted by Gasteiger charge is 2.36. The lowest BCUT2D eigenvalue weighted by molar-refractivity contribution is -0.143. The molecule has 10 heteroatoms. The molecule has 1 aliphatic rings. The summed E-state index contributed by atoms with van der Waals surface area (Å²) in [5.74, 6) is -2.50. The summed E-state index contributed by atoms with van der Waals surface area (Å²) in [6.07, 6.45) is -4.45. The largest absolute Gasteiger partial charge is 0.408 e. The molecule has 0 radical (unpaired) electrons. The van der Waals surface area contributed by atoms with Gasteiger partial charge in [-0.15, -0.1) is 0 Å². The molecule has 0 bridgehead atoms. The second-order valence-electron chi connectivity index (χ2n) is 6.57. The van der Waals surface area contributed by atoms with Crippen LogP contribution in [0.5, 0.6) is 0 Å². The highest BCUT2D eigenvalue weighted by molar-refractivity contribution is 5.94. The lowest BCUT2D eigenvalue weighted by Crippen LogP contribution is -2.44. The molecule has 1 aromatic heterocycles. The number of hydrogen-bond donors (Lipinski definition) is 0. The molecule has 28 heavy (non-hydrogen) atoms. The van der Waals surface area contributed by atoms with Crippen molar-refractivity contribution < 1.29 is 31.5 Å². The third-order valence-electron chi connectivity index (χ3n) is 4.65. The van der Waals surface area contributed by atoms with Gasteiger partial charge < -0.3 is 9.64 Å². The molecule has 0 saturated carbocycles. The van der Waals surface area contributed by atoms with Crippen LogP contribution in [0.15, 0.2) is 18.2 Å². The zero-order valence-corrected chi connectivity index (χ0v) is 15.2. The van der Waals surface area contributed by atoms with E-state index in [1.165, 1.54) is 11.8 Å². The fraction of sp³-hybridized carbons (Fsp3) is 0.444. The second kappa shape index (κ2) is 7.50. The Balaban J connectivity index is 1.97. The number of aryl methyl sites for hydroxylation is 1. The third-order valence-corrected chi connectivity index (χ3v) is 4.65. The van der Waals surface area contributed by atoms with Gasteiger partial charge in [0.2, 0.25) is 0 Å². The van der Waals surface area contributed by atoms with Crippen LogP contribution in [0.4, 0.5) is 22.0 Å². The van der Waals surface area contributed by atoms with Crippen molar-refractivity contribution in [2.24, 2.45) is 0 Å². The predicted molar refractivity (Wildman–Crippen MR) is 88.7 cm³/mol. The molecule has 1 saturated heterocycles. The van der Waals surface area contributed by atoms with E-state index in [4.69, 9.17) is 4.74 Å². The van der Waals surface area contributed by atoms with Gasteiger partial charge in [0.05, 0.1) is 30.5 Å². The number of halogens is 5. The Bertz CT molecular complexity index is 894. The van der Waals surface area contributed by atoms with Crippen LogP contribution in [0, 0.1) is 25.5 Å². The maximum Gasteiger partial charge on any atom is 0.408 e. The quantitative estimate of drug-likeness (QED) is 0.737. The molecule has 3 rings (SSSR count). The Morgan fingerprint density at radius 1 is 1.29 bits per heavy atom. The minimum atomic E-state index is -4.45. The van der Waals surface area contributed by atoms with E-state index in [0.29, 0.717) is 17.3 Å². The standard InChI is InChI=1S/C18H18F5N3O2/c1-10-16(11(2)26(24-10)9-18(21,22)23)15-8-28-6-5-25(15)17(27)13-4-3-12(19)7-14(13)20/h3-4,7,15H,5-6,8-9H2,1-2H3. The molecule has 1 amide bonds. The number of nitrogens with zero attached hydrogens (tertiary/aromatic N) is 3. The van der Waals surface area contributed by atoms with Crippen LogP contribution < -0.4 is 0 Å². The first-order valence-corrected chi connectivity index (χ1v) is 8.53. The van der Waals surface area contributed by atoms with Crippen LogP contribution >= 0.6 is 0 Å². The van der Waals surface area contributed by atoms with Gasteiger partial charge in [-0.3, -0.25) is 9.48 Å². The van der Waals surface area contributed by atoms with Gasteiger partial charge in [-0.1, -0.05) is 0 Å². The first kappa shape index (κ1) is 20.2. The molecule has 1 atom stereocenters. The number of hydrogen-bond acceptors (Lipinski definition) is 3. The second-order valence-corrected chi connectivity index (χ2v) is 6.57. The van der Waals surface area contributed by atoms with Gasteiger partial charge in [0.1, 0.15) is 18.2 Å². The summed E-state index contributed by atoms with van der Waals surface area (Å²) in [6, 6.07) is 1.91. The number of ether oxygens (including phenoxy) is 1. The van der Waals surface area contributed by atoms with Crippen molar-refractivity contribution in [2.75, 3.05) is 19.8 Å². The van der Waals surface area contributed by atoms with Crippen LogP contribution in [-0.4, -0.2) is 46.5 Å². The van der Waals surface area contributed by atoms with Crippen molar-refractivity contribution in [3.63, 3.8) is 0 Å². The number of carbonyl (C=O) groups is 1. The minimum Gasteiger partial charge on any atom is -0.377 e. The number of morpholine rings is 1. The maximum absolute atomic E-state index is 14.1. The number of benzene rings is 1. The van der Waals surface area contributed by atoms with Crippen molar-refractivity contribution >= 4 is 5.91 Å². The van der Waals surface area contributed by atoms with Crippen molar-refractivity contribution in [1.29, 1.82) is 0 Å². The SMILES string of the molecule is Cc1nn(CC(F)(F)F)c(C)c1C1COCCN1C(=O)c1ccc(F)cc1F. The summed E-state index contributed by atoms with van der Waals surface area (Å²) < 4.78 is 71.8. The number of amides is 1. The predicted octanol–water partition coefficient (Wildman–Crippen LogP) is 3.55. The molecule has 1 aromatic carbocycles. The lowest BCUT2D eigenvalue weighted by atomic mass is 10.0. The molecule has 0 N–H and O–H groups in total. The Morgan fingerprint density at radius 3 is 2.64 bits per heavy atom. The Kier molecular flexibility index (Phi) is 5.42. The lowest BCUT2D eigenvalue weighted by Gasteiger charge is -2.36. The summed E-state index contributed by atoms with van der Waals surface area (Å²) in [7, 11) is 0. The summed E-state index contributed by atoms with van der Waals surface area (Å²) in [4.78, 5) is 14.2. The topological polar surface area (TPSA) is 47.4 Å². The molecular weight excluding hydrogens is 385 g/mol. The van der Waals surface area contributed by atoms with E-state index in [1.54, 1.807) is 6.92 Å². The Labute approximate surface area is 157 Å². The van der Waals surface area contributed by atoms with Crippen LogP contribution in [0.25, 0.3) is 0 Å². The molecule has 1 aliphatic heterocycles. The number of aromatic nitrogens is 2. The molecule has 152 valence electrons. The summed E-state index contributed by atoms with van der Waals surface area (Å²) in [5.41, 5.74) is 0.698. The normalized spacial score (nSPS) is 17.8. The van der Waals surface area contributed by atoms with Gasteiger partial charge in [-0.05, 0) is 26.0 Å². The highest BCUT2D eigenvalue weighted by atomic mass is 19.4. The molecular formula is C18H18F5N3O2. The van der Waals surface area contributed by atoms with Crippen LogP contribution in [0.3, 0.4) is 0 Å². The molecule has 1 unspecified atom stereocenters. The number of rotatable bonds is 3. The van der Waals surface area contributed by atoms with Gasteiger partial charge in [0.25, 0.3) is 5.91 Å². The first-order chi connectivity index (χ1) is 13.1. The van der Waals surface area contributed by atoms with Gasteiger partial charge in [0, 0.05) is 23.9 Å². The van der Waals surface area contributed by atoms with Crippen molar-refractivity contribution in [3.05, 3.63) is 52.3 Å². The molecule has 5 nitrogen and oxygen atoms in total. The zero-order chi connectivity index (χ0) is 20.6. The first-order valence-electron chi connectivity index (χ1n) is 8.53. The smallest absolute Gasteiger partial charge is 0.377 e. The fourth-order valence-corrected chi connectivity index (χ4v) is 3.42. The summed E-state index contributed by atoms with van der Waals surface area (Å²) in [6.45, 7) is 2.12. The van der Waals surface area contributed by atoms with Gasteiger partial charge in [-0.25, -0.2) is 8.78 Å². The van der Waals surface area contributed by atoms with Crippen molar-refractivity contribution in [2.45, 2.75) is 32.6 Å². The van der Waals surface area contributed by atoms with Gasteiger partial charge >= 0.3 is 6.18 Å². The van der Waals surface area contributed by atoms with E-state index in [2.05, 4.69) is 5.10 Å². The van der Waals surface area contributed by atoms with E-state index >= 15 is 0 Å². The molecule has 1 fully saturated rings. The van der Waals surface area contributed by atoms with Crippen molar-refractivity contribution in [1.82, 2.24) is 14.7 Å². The minimum absolute atomic E-state index is 0.0357. The van der Waals surface area contributed by atoms with E-state index in [0.717, 1.165) is 16.8 Å². The molecule has 2 heterocycles. The Morgan fingerprint density at radius 2 is 2.00 bits per heavy atom. The Hall–Kier alpha value is -2.49. The molecule has 0 spiro atoms. The van der Waals surface area contributed by atoms with Crippen LogP contribution in [0.1, 0.15) is 33.4 Å².